The second kappa shape index (κ2) is 14.3. The van der Waals surface area contributed by atoms with Gasteiger partial charge in [0.1, 0.15) is 36.5 Å². The van der Waals surface area contributed by atoms with E-state index in [1.807, 2.05) is 29.2 Å². The van der Waals surface area contributed by atoms with Crippen molar-refractivity contribution >= 4 is 17.5 Å². The predicted octanol–water partition coefficient (Wildman–Crippen LogP) is 5.92. The smallest absolute Gasteiger partial charge is 0.249 e. The number of likely N-dealkylation sites (tertiary alicyclic amines) is 2. The quantitative estimate of drug-likeness (QED) is 0.184. The molecule has 278 valence electrons. The van der Waals surface area contributed by atoms with E-state index in [1.54, 1.807) is 0 Å². The minimum absolute atomic E-state index is 0.205. The van der Waals surface area contributed by atoms with Gasteiger partial charge in [-0.2, -0.15) is 0 Å². The van der Waals surface area contributed by atoms with E-state index >= 15 is 0 Å². The van der Waals surface area contributed by atoms with Gasteiger partial charge in [0.15, 0.2) is 0 Å². The zero-order valence-electron chi connectivity index (χ0n) is 30.7. The van der Waals surface area contributed by atoms with E-state index in [1.165, 1.54) is 22.3 Å². The molecular weight excluding hydrogens is 677 g/mol. The summed E-state index contributed by atoms with van der Waals surface area (Å²) < 4.78 is 12.4. The molecule has 9 nitrogen and oxygen atoms in total. The van der Waals surface area contributed by atoms with E-state index < -0.39 is 0 Å². The number of nitrogens with zero attached hydrogens (tertiary/aromatic N) is 3. The van der Waals surface area contributed by atoms with Gasteiger partial charge >= 0.3 is 0 Å². The van der Waals surface area contributed by atoms with Crippen LogP contribution in [0.5, 0.6) is 17.2 Å². The lowest BCUT2D eigenvalue weighted by molar-refractivity contribution is -0.136. The van der Waals surface area contributed by atoms with Crippen LogP contribution in [-0.2, 0) is 22.6 Å². The molecule has 3 atom stereocenters. The SMILES string of the molecule is C=C1c2ccc(OCCN3CC4(CN(CCOc5ccc([C@H]6c7ccc(O)cc7CC[C@H]6c6ccccc6)cc5)C4)C3)cc2CN1[C@H]1CCC(=O)NC1=O. The Kier molecular flexibility index (Phi) is 9.15. The molecular formula is C45H48N4O5. The molecule has 5 aliphatic rings. The van der Waals surface area contributed by atoms with Crippen LogP contribution in [-0.4, -0.2) is 90.1 Å². The molecule has 1 aliphatic carbocycles. The molecule has 0 aromatic heterocycles. The molecule has 3 saturated heterocycles. The van der Waals surface area contributed by atoms with Crippen LogP contribution in [0, 0.1) is 5.41 Å². The molecule has 0 bridgehead atoms. The van der Waals surface area contributed by atoms with Crippen LogP contribution in [0.2, 0.25) is 0 Å². The Morgan fingerprint density at radius 3 is 2.19 bits per heavy atom. The predicted molar refractivity (Wildman–Crippen MR) is 207 cm³/mol. The molecule has 1 spiro atoms. The topological polar surface area (TPSA) is 94.6 Å². The van der Waals surface area contributed by atoms with E-state index in [0.29, 0.717) is 49.7 Å². The number of rotatable bonds is 11. The average Bonchev–Trinajstić information content (AvgIpc) is 3.47. The molecule has 9 rings (SSSR count). The van der Waals surface area contributed by atoms with Gasteiger partial charge in [-0.15, -0.1) is 0 Å². The molecule has 0 saturated carbocycles. The highest BCUT2D eigenvalue weighted by molar-refractivity contribution is 6.01. The van der Waals surface area contributed by atoms with Crippen molar-refractivity contribution in [2.45, 2.75) is 50.1 Å². The van der Waals surface area contributed by atoms with E-state index in [4.69, 9.17) is 9.47 Å². The fraction of sp³-hybridized carbons (Fsp3) is 0.378. The standard InChI is InChI=1S/C45H48N4O5/c1-30-38-16-13-37(24-34(38)25-49(30)41-17-18-42(51)46-44(41)52)54-22-20-48-28-45(29-48)26-47(27-45)19-21-53-36-11-7-32(8-12-36)43-39(31-5-3-2-4-6-31)14-9-33-23-35(50)10-15-40(33)43/h2-8,10-13,15-16,23-24,39,41,43,50H,1,9,14,17-22,25-29H2,(H,46,51,52)/t39-,41-,43+/m0/s1. The van der Waals surface area contributed by atoms with Gasteiger partial charge in [-0.05, 0) is 95.5 Å². The van der Waals surface area contributed by atoms with Crippen molar-refractivity contribution in [2.75, 3.05) is 52.5 Å². The molecule has 2 N–H and O–H groups in total. The van der Waals surface area contributed by atoms with Crippen molar-refractivity contribution in [1.29, 1.82) is 0 Å². The van der Waals surface area contributed by atoms with Crippen LogP contribution in [0.15, 0.2) is 97.6 Å². The number of phenolic OH excluding ortho intramolecular Hbond substituents is 1. The number of piperidine rings is 1. The molecule has 2 amide bonds. The number of hydrogen-bond donors (Lipinski definition) is 2. The lowest BCUT2D eigenvalue weighted by atomic mass is 9.69. The monoisotopic (exact) mass is 724 g/mol. The Hall–Kier alpha value is -5.12. The summed E-state index contributed by atoms with van der Waals surface area (Å²) in [5.74, 6) is 2.25. The maximum Gasteiger partial charge on any atom is 0.249 e. The van der Waals surface area contributed by atoms with Gasteiger partial charge < -0.3 is 19.5 Å². The Bertz CT molecular complexity index is 2050. The van der Waals surface area contributed by atoms with Gasteiger partial charge in [0.05, 0.1) is 0 Å². The van der Waals surface area contributed by atoms with Gasteiger partial charge in [0.25, 0.3) is 0 Å². The molecule has 3 fully saturated rings. The number of aryl methyl sites for hydroxylation is 1. The molecule has 4 aromatic carbocycles. The first-order valence-corrected chi connectivity index (χ1v) is 19.4. The fourth-order valence-electron chi connectivity index (χ4n) is 9.74. The number of imide groups is 1. The van der Waals surface area contributed by atoms with E-state index in [-0.39, 0.29) is 23.8 Å². The van der Waals surface area contributed by atoms with Crippen LogP contribution in [0.4, 0.5) is 0 Å². The fourth-order valence-corrected chi connectivity index (χ4v) is 9.74. The molecule has 4 aliphatic heterocycles. The summed E-state index contributed by atoms with van der Waals surface area (Å²) in [7, 11) is 0. The number of phenols is 1. The van der Waals surface area contributed by atoms with Gasteiger partial charge in [-0.25, -0.2) is 0 Å². The van der Waals surface area contributed by atoms with Crippen LogP contribution < -0.4 is 14.8 Å². The summed E-state index contributed by atoms with van der Waals surface area (Å²) in [6.07, 6.45) is 2.89. The van der Waals surface area contributed by atoms with Crippen LogP contribution in [0.25, 0.3) is 5.70 Å². The highest BCUT2D eigenvalue weighted by atomic mass is 16.5. The number of fused-ring (bicyclic) bond motifs is 2. The third kappa shape index (κ3) is 6.75. The largest absolute Gasteiger partial charge is 0.508 e. The zero-order chi connectivity index (χ0) is 36.8. The summed E-state index contributed by atoms with van der Waals surface area (Å²) in [5, 5.41) is 12.6. The van der Waals surface area contributed by atoms with E-state index in [2.05, 4.69) is 88.4 Å². The van der Waals surface area contributed by atoms with Gasteiger partial charge in [-0.1, -0.05) is 55.1 Å². The maximum atomic E-state index is 12.5. The highest BCUT2D eigenvalue weighted by Crippen LogP contribution is 2.47. The Morgan fingerprint density at radius 1 is 0.759 bits per heavy atom. The Labute approximate surface area is 317 Å². The first kappa shape index (κ1) is 34.6. The van der Waals surface area contributed by atoms with Crippen molar-refractivity contribution in [3.8, 4) is 17.2 Å². The van der Waals surface area contributed by atoms with Crippen molar-refractivity contribution < 1.29 is 24.2 Å². The summed E-state index contributed by atoms with van der Waals surface area (Å²) in [4.78, 5) is 31.0. The second-order valence-corrected chi connectivity index (χ2v) is 16.0. The average molecular weight is 725 g/mol. The van der Waals surface area contributed by atoms with Gasteiger partial charge in [0.2, 0.25) is 11.8 Å². The van der Waals surface area contributed by atoms with Crippen molar-refractivity contribution in [2.24, 2.45) is 5.41 Å². The summed E-state index contributed by atoms with van der Waals surface area (Å²) in [6.45, 7) is 12.4. The summed E-state index contributed by atoms with van der Waals surface area (Å²) in [5.41, 5.74) is 8.57. The molecule has 0 radical (unpaired) electrons. The zero-order valence-corrected chi connectivity index (χ0v) is 30.7. The highest BCUT2D eigenvalue weighted by Gasteiger charge is 2.51. The minimum atomic E-state index is -0.364. The number of benzene rings is 4. The Morgan fingerprint density at radius 2 is 1.46 bits per heavy atom. The van der Waals surface area contributed by atoms with E-state index in [9.17, 15) is 14.7 Å². The number of carbonyl (C=O) groups excluding carboxylic acids is 2. The van der Waals surface area contributed by atoms with Crippen molar-refractivity contribution in [3.05, 3.63) is 131 Å². The first-order valence-electron chi connectivity index (χ1n) is 19.4. The lowest BCUT2D eigenvalue weighted by Crippen LogP contribution is -2.72. The third-order valence-electron chi connectivity index (χ3n) is 12.3. The van der Waals surface area contributed by atoms with Crippen LogP contribution in [0.1, 0.15) is 64.5 Å². The first-order chi connectivity index (χ1) is 26.3. The van der Waals surface area contributed by atoms with Crippen LogP contribution in [0.3, 0.4) is 0 Å². The van der Waals surface area contributed by atoms with E-state index in [0.717, 1.165) is 80.4 Å². The molecule has 54 heavy (non-hydrogen) atoms. The third-order valence-corrected chi connectivity index (χ3v) is 12.3. The maximum absolute atomic E-state index is 12.5. The number of amides is 2. The summed E-state index contributed by atoms with van der Waals surface area (Å²) in [6, 6.07) is 31.1. The molecule has 4 heterocycles. The minimum Gasteiger partial charge on any atom is -0.508 e. The van der Waals surface area contributed by atoms with Crippen molar-refractivity contribution in [3.63, 3.8) is 0 Å². The molecule has 0 unspecified atom stereocenters. The van der Waals surface area contributed by atoms with Crippen LogP contribution >= 0.6 is 0 Å². The van der Waals surface area contributed by atoms with Gasteiger partial charge in [0, 0.05) is 74.8 Å². The number of aromatic hydroxyl groups is 1. The van der Waals surface area contributed by atoms with Gasteiger partial charge in [-0.3, -0.25) is 24.7 Å². The Balaban J connectivity index is 0.707. The second-order valence-electron chi connectivity index (χ2n) is 16.0. The lowest BCUT2D eigenvalue weighted by Gasteiger charge is -2.60. The normalized spacial score (nSPS) is 23.3. The number of carbonyl (C=O) groups is 2. The number of nitrogens with one attached hydrogen (secondary N) is 1. The summed E-state index contributed by atoms with van der Waals surface area (Å²) >= 11 is 0. The molecule has 9 heteroatoms. The molecule has 4 aromatic rings. The number of hydrogen-bond acceptors (Lipinski definition) is 8. The number of ether oxygens (including phenoxy) is 2. The van der Waals surface area contributed by atoms with Crippen molar-refractivity contribution in [1.82, 2.24) is 20.0 Å².